The number of halogens is 1. The summed E-state index contributed by atoms with van der Waals surface area (Å²) >= 11 is 3.44. The van der Waals surface area contributed by atoms with E-state index in [0.29, 0.717) is 11.3 Å². The lowest BCUT2D eigenvalue weighted by Gasteiger charge is -2.15. The average molecular weight is 416 g/mol. The molecule has 2 amide bonds. The van der Waals surface area contributed by atoms with Crippen molar-refractivity contribution in [2.45, 2.75) is 31.7 Å². The standard InChI is InChI=1S/C20H22BrN3O2/c21-16-10-4-6-12-18(16)22-13-19(25)24-17-11-5-3-9-15(17)20(26)23-14-7-1-2-8-14/h3-6,9-12,14,22H,1-2,7-8,13H2,(H,23,26)(H,24,25). The number of hydrogen-bond acceptors (Lipinski definition) is 3. The Balaban J connectivity index is 1.61. The van der Waals surface area contributed by atoms with E-state index in [9.17, 15) is 9.59 Å². The number of carbonyl (C=O) groups excluding carboxylic acids is 2. The fourth-order valence-corrected chi connectivity index (χ4v) is 3.52. The zero-order chi connectivity index (χ0) is 18.4. The molecule has 136 valence electrons. The summed E-state index contributed by atoms with van der Waals surface area (Å²) in [5.74, 6) is -0.339. The van der Waals surface area contributed by atoms with Crippen molar-refractivity contribution in [1.29, 1.82) is 0 Å². The summed E-state index contributed by atoms with van der Waals surface area (Å²) in [5.41, 5.74) is 1.87. The summed E-state index contributed by atoms with van der Waals surface area (Å²) in [7, 11) is 0. The van der Waals surface area contributed by atoms with Crippen molar-refractivity contribution >= 4 is 39.1 Å². The van der Waals surface area contributed by atoms with Gasteiger partial charge in [-0.05, 0) is 53.0 Å². The fourth-order valence-electron chi connectivity index (χ4n) is 3.10. The number of hydrogen-bond donors (Lipinski definition) is 3. The van der Waals surface area contributed by atoms with Crippen molar-refractivity contribution in [2.24, 2.45) is 0 Å². The lowest BCUT2D eigenvalue weighted by atomic mass is 10.1. The average Bonchev–Trinajstić information content (AvgIpc) is 3.14. The maximum Gasteiger partial charge on any atom is 0.253 e. The van der Waals surface area contributed by atoms with Crippen molar-refractivity contribution in [3.8, 4) is 0 Å². The van der Waals surface area contributed by atoms with Gasteiger partial charge in [-0.1, -0.05) is 37.1 Å². The summed E-state index contributed by atoms with van der Waals surface area (Å²) < 4.78 is 0.893. The molecule has 2 aromatic carbocycles. The number of benzene rings is 2. The van der Waals surface area contributed by atoms with E-state index in [0.717, 1.165) is 35.8 Å². The van der Waals surface area contributed by atoms with Gasteiger partial charge in [0.25, 0.3) is 5.91 Å². The van der Waals surface area contributed by atoms with Crippen molar-refractivity contribution in [2.75, 3.05) is 17.2 Å². The number of para-hydroxylation sites is 2. The van der Waals surface area contributed by atoms with Crippen LogP contribution < -0.4 is 16.0 Å². The predicted molar refractivity (Wildman–Crippen MR) is 107 cm³/mol. The Morgan fingerprint density at radius 2 is 1.62 bits per heavy atom. The van der Waals surface area contributed by atoms with Crippen LogP contribution in [0.3, 0.4) is 0 Å². The van der Waals surface area contributed by atoms with Gasteiger partial charge in [-0.15, -0.1) is 0 Å². The number of nitrogens with one attached hydrogen (secondary N) is 3. The topological polar surface area (TPSA) is 70.2 Å². The summed E-state index contributed by atoms with van der Waals surface area (Å²) in [6.45, 7) is 0.112. The molecule has 0 radical (unpaired) electrons. The molecule has 2 aromatic rings. The summed E-state index contributed by atoms with van der Waals surface area (Å²) in [5, 5.41) is 8.97. The molecular formula is C20H22BrN3O2. The molecule has 0 aliphatic heterocycles. The minimum absolute atomic E-state index is 0.112. The Labute approximate surface area is 161 Å². The molecule has 0 atom stereocenters. The number of rotatable bonds is 6. The van der Waals surface area contributed by atoms with Crippen LogP contribution in [0.4, 0.5) is 11.4 Å². The van der Waals surface area contributed by atoms with Gasteiger partial charge in [0.2, 0.25) is 5.91 Å². The molecular weight excluding hydrogens is 394 g/mol. The summed E-state index contributed by atoms with van der Waals surface area (Å²) in [4.78, 5) is 24.8. The molecule has 1 aliphatic rings. The normalized spacial score (nSPS) is 14.0. The monoisotopic (exact) mass is 415 g/mol. The molecule has 0 heterocycles. The highest BCUT2D eigenvalue weighted by Gasteiger charge is 2.20. The third-order valence-corrected chi connectivity index (χ3v) is 5.14. The van der Waals surface area contributed by atoms with Gasteiger partial charge in [0.1, 0.15) is 0 Å². The summed E-state index contributed by atoms with van der Waals surface area (Å²) in [6.07, 6.45) is 4.36. The molecule has 3 N–H and O–H groups in total. The molecule has 1 aliphatic carbocycles. The van der Waals surface area contributed by atoms with Crippen molar-refractivity contribution in [1.82, 2.24) is 5.32 Å². The molecule has 1 fully saturated rings. The van der Waals surface area contributed by atoms with Gasteiger partial charge >= 0.3 is 0 Å². The Morgan fingerprint density at radius 3 is 2.35 bits per heavy atom. The number of anilines is 2. The molecule has 6 heteroatoms. The molecule has 5 nitrogen and oxygen atoms in total. The highest BCUT2D eigenvalue weighted by Crippen LogP contribution is 2.22. The second kappa shape index (κ2) is 8.85. The third-order valence-electron chi connectivity index (χ3n) is 4.45. The maximum atomic E-state index is 12.5. The SMILES string of the molecule is O=C(CNc1ccccc1Br)Nc1ccccc1C(=O)NC1CCCC1. The first-order valence-corrected chi connectivity index (χ1v) is 9.61. The molecule has 0 unspecified atom stereocenters. The van der Waals surface area contributed by atoms with Gasteiger partial charge in [-0.2, -0.15) is 0 Å². The molecule has 0 spiro atoms. The van der Waals surface area contributed by atoms with Crippen molar-refractivity contribution < 1.29 is 9.59 Å². The van der Waals surface area contributed by atoms with Crippen LogP contribution >= 0.6 is 15.9 Å². The molecule has 0 saturated heterocycles. The number of carbonyl (C=O) groups is 2. The largest absolute Gasteiger partial charge is 0.375 e. The van der Waals surface area contributed by atoms with Crippen LogP contribution in [-0.2, 0) is 4.79 Å². The van der Waals surface area contributed by atoms with E-state index in [-0.39, 0.29) is 24.4 Å². The van der Waals surface area contributed by atoms with Crippen LogP contribution in [0.2, 0.25) is 0 Å². The predicted octanol–water partition coefficient (Wildman–Crippen LogP) is 4.17. The Kier molecular flexibility index (Phi) is 6.28. The van der Waals surface area contributed by atoms with E-state index in [1.165, 1.54) is 0 Å². The molecule has 1 saturated carbocycles. The van der Waals surface area contributed by atoms with Crippen molar-refractivity contribution in [3.05, 3.63) is 58.6 Å². The van der Waals surface area contributed by atoms with Crippen LogP contribution in [0.15, 0.2) is 53.0 Å². The highest BCUT2D eigenvalue weighted by molar-refractivity contribution is 9.10. The Hall–Kier alpha value is -2.34. The first-order chi connectivity index (χ1) is 12.6. The van der Waals surface area contributed by atoms with Gasteiger partial charge < -0.3 is 16.0 Å². The van der Waals surface area contributed by atoms with Crippen LogP contribution in [0.25, 0.3) is 0 Å². The quantitative estimate of drug-likeness (QED) is 0.662. The Bertz CT molecular complexity index is 788. The highest BCUT2D eigenvalue weighted by atomic mass is 79.9. The first-order valence-electron chi connectivity index (χ1n) is 8.81. The summed E-state index contributed by atoms with van der Waals surface area (Å²) in [6, 6.07) is 14.9. The van der Waals surface area contributed by atoms with Gasteiger partial charge in [-0.25, -0.2) is 0 Å². The minimum atomic E-state index is -0.207. The molecule has 0 aromatic heterocycles. The van der Waals surface area contributed by atoms with Gasteiger partial charge in [-0.3, -0.25) is 9.59 Å². The van der Waals surface area contributed by atoms with E-state index >= 15 is 0 Å². The third kappa shape index (κ3) is 4.85. The van der Waals surface area contributed by atoms with Gasteiger partial charge in [0.05, 0.1) is 17.8 Å². The second-order valence-electron chi connectivity index (χ2n) is 6.38. The van der Waals surface area contributed by atoms with E-state index in [1.807, 2.05) is 30.3 Å². The van der Waals surface area contributed by atoms with Gasteiger partial charge in [0, 0.05) is 16.2 Å². The fraction of sp³-hybridized carbons (Fsp3) is 0.300. The maximum absolute atomic E-state index is 12.5. The van der Waals surface area contributed by atoms with E-state index in [2.05, 4.69) is 31.9 Å². The van der Waals surface area contributed by atoms with Crippen LogP contribution in [0, 0.1) is 0 Å². The molecule has 0 bridgehead atoms. The second-order valence-corrected chi connectivity index (χ2v) is 7.24. The minimum Gasteiger partial charge on any atom is -0.375 e. The van der Waals surface area contributed by atoms with Crippen LogP contribution in [0.5, 0.6) is 0 Å². The lowest BCUT2D eigenvalue weighted by Crippen LogP contribution is -2.33. The van der Waals surface area contributed by atoms with Crippen LogP contribution in [-0.4, -0.2) is 24.4 Å². The number of amides is 2. The van der Waals surface area contributed by atoms with Gasteiger partial charge in [0.15, 0.2) is 0 Å². The van der Waals surface area contributed by atoms with E-state index in [4.69, 9.17) is 0 Å². The lowest BCUT2D eigenvalue weighted by molar-refractivity contribution is -0.114. The first kappa shape index (κ1) is 18.5. The zero-order valence-electron chi connectivity index (χ0n) is 14.4. The van der Waals surface area contributed by atoms with Crippen molar-refractivity contribution in [3.63, 3.8) is 0 Å². The smallest absolute Gasteiger partial charge is 0.253 e. The van der Waals surface area contributed by atoms with E-state index < -0.39 is 0 Å². The van der Waals surface area contributed by atoms with Crippen LogP contribution in [0.1, 0.15) is 36.0 Å². The Morgan fingerprint density at radius 1 is 0.962 bits per heavy atom. The zero-order valence-corrected chi connectivity index (χ0v) is 16.0. The van der Waals surface area contributed by atoms with E-state index in [1.54, 1.807) is 18.2 Å². The molecule has 26 heavy (non-hydrogen) atoms. The molecule has 3 rings (SSSR count).